The topological polar surface area (TPSA) is 57.6 Å². The molecule has 98 valence electrons. The normalized spacial score (nSPS) is 16.6. The second-order valence-corrected chi connectivity index (χ2v) is 8.95. The van der Waals surface area contributed by atoms with Crippen LogP contribution in [-0.4, -0.2) is 42.3 Å². The van der Waals surface area contributed by atoms with Crippen molar-refractivity contribution in [2.75, 3.05) is 13.7 Å². The highest BCUT2D eigenvalue weighted by Crippen LogP contribution is 2.29. The van der Waals surface area contributed by atoms with Crippen LogP contribution in [0.5, 0.6) is 0 Å². The third kappa shape index (κ3) is 3.18. The summed E-state index contributed by atoms with van der Waals surface area (Å²) in [4.78, 5) is 0. The second-order valence-electron chi connectivity index (χ2n) is 6.20. The smallest absolute Gasteiger partial charge is 0.219 e. The fourth-order valence-electron chi connectivity index (χ4n) is 1.53. The van der Waals surface area contributed by atoms with Crippen LogP contribution in [-0.2, 0) is 10.0 Å². The molecular weight excluding hydrogens is 226 g/mol. The standard InChI is InChI=1S/C11H25NO3S/c1-10(2,3)9(8-13)12(7)16(14,15)11(4,5)6/h9,13H,8H2,1-7H3/t9-/m0/s1. The molecule has 0 bridgehead atoms. The zero-order valence-corrected chi connectivity index (χ0v) is 12.2. The van der Waals surface area contributed by atoms with Crippen molar-refractivity contribution in [2.24, 2.45) is 5.41 Å². The summed E-state index contributed by atoms with van der Waals surface area (Å²) in [6.07, 6.45) is 0. The van der Waals surface area contributed by atoms with Crippen molar-refractivity contribution in [3.63, 3.8) is 0 Å². The molecule has 0 aromatic rings. The minimum atomic E-state index is -3.40. The van der Waals surface area contributed by atoms with Gasteiger partial charge in [0.1, 0.15) is 0 Å². The molecule has 0 amide bonds. The predicted molar refractivity (Wildman–Crippen MR) is 66.8 cm³/mol. The van der Waals surface area contributed by atoms with Gasteiger partial charge in [-0.1, -0.05) is 20.8 Å². The summed E-state index contributed by atoms with van der Waals surface area (Å²) in [5.74, 6) is 0. The van der Waals surface area contributed by atoms with Crippen LogP contribution in [0.4, 0.5) is 0 Å². The molecule has 0 aliphatic heterocycles. The van der Waals surface area contributed by atoms with Gasteiger partial charge in [-0.3, -0.25) is 0 Å². The first-order chi connectivity index (χ1) is 6.85. The van der Waals surface area contributed by atoms with Gasteiger partial charge in [-0.2, -0.15) is 4.31 Å². The maximum Gasteiger partial charge on any atom is 0.219 e. The average Bonchev–Trinajstić information content (AvgIpc) is 2.00. The molecule has 0 spiro atoms. The zero-order chi connectivity index (χ0) is 13.4. The lowest BCUT2D eigenvalue weighted by Crippen LogP contribution is -2.52. The van der Waals surface area contributed by atoms with Gasteiger partial charge in [0.25, 0.3) is 0 Å². The van der Waals surface area contributed by atoms with Gasteiger partial charge in [0.15, 0.2) is 0 Å². The summed E-state index contributed by atoms with van der Waals surface area (Å²) in [6.45, 7) is 10.6. The highest BCUT2D eigenvalue weighted by atomic mass is 32.2. The van der Waals surface area contributed by atoms with Crippen LogP contribution in [0.25, 0.3) is 0 Å². The van der Waals surface area contributed by atoms with Crippen LogP contribution in [0, 0.1) is 5.41 Å². The molecule has 0 heterocycles. The van der Waals surface area contributed by atoms with Crippen molar-refractivity contribution in [1.29, 1.82) is 0 Å². The Morgan fingerprint density at radius 1 is 1.12 bits per heavy atom. The molecule has 1 atom stereocenters. The lowest BCUT2D eigenvalue weighted by molar-refractivity contribution is 0.113. The monoisotopic (exact) mass is 251 g/mol. The molecule has 0 unspecified atom stereocenters. The molecule has 0 aliphatic rings. The number of hydrogen-bond acceptors (Lipinski definition) is 3. The highest BCUT2D eigenvalue weighted by molar-refractivity contribution is 7.90. The van der Waals surface area contributed by atoms with Gasteiger partial charge >= 0.3 is 0 Å². The minimum Gasteiger partial charge on any atom is -0.395 e. The van der Waals surface area contributed by atoms with E-state index < -0.39 is 20.8 Å². The van der Waals surface area contributed by atoms with Crippen molar-refractivity contribution >= 4 is 10.0 Å². The molecule has 0 saturated carbocycles. The van der Waals surface area contributed by atoms with Crippen LogP contribution in [0.2, 0.25) is 0 Å². The molecule has 5 heteroatoms. The van der Waals surface area contributed by atoms with Crippen LogP contribution < -0.4 is 0 Å². The number of sulfonamides is 1. The summed E-state index contributed by atoms with van der Waals surface area (Å²) >= 11 is 0. The molecule has 16 heavy (non-hydrogen) atoms. The van der Waals surface area contributed by atoms with E-state index in [-0.39, 0.29) is 12.0 Å². The molecule has 1 N–H and O–H groups in total. The Kier molecular flexibility index (Phi) is 4.59. The van der Waals surface area contributed by atoms with Gasteiger partial charge in [-0.05, 0) is 26.2 Å². The van der Waals surface area contributed by atoms with Gasteiger partial charge < -0.3 is 5.11 Å². The van der Waals surface area contributed by atoms with E-state index in [0.717, 1.165) is 0 Å². The number of likely N-dealkylation sites (N-methyl/N-ethyl adjacent to an activating group) is 1. The first-order valence-electron chi connectivity index (χ1n) is 5.44. The van der Waals surface area contributed by atoms with Crippen LogP contribution in [0.3, 0.4) is 0 Å². The maximum atomic E-state index is 12.2. The Bertz CT molecular complexity index is 322. The molecule has 0 aliphatic carbocycles. The Hall–Kier alpha value is -0.130. The fraction of sp³-hybridized carbons (Fsp3) is 1.00. The van der Waals surface area contributed by atoms with Crippen LogP contribution in [0.1, 0.15) is 41.5 Å². The zero-order valence-electron chi connectivity index (χ0n) is 11.4. The van der Waals surface area contributed by atoms with E-state index in [9.17, 15) is 13.5 Å². The number of aliphatic hydroxyl groups is 1. The van der Waals surface area contributed by atoms with Crippen LogP contribution in [0.15, 0.2) is 0 Å². The predicted octanol–water partition coefficient (Wildman–Crippen LogP) is 1.45. The average molecular weight is 251 g/mol. The number of hydrogen-bond donors (Lipinski definition) is 1. The molecule has 4 nitrogen and oxygen atoms in total. The van der Waals surface area contributed by atoms with Crippen molar-refractivity contribution in [2.45, 2.75) is 52.3 Å². The Morgan fingerprint density at radius 3 is 1.69 bits per heavy atom. The third-order valence-electron chi connectivity index (χ3n) is 2.76. The van der Waals surface area contributed by atoms with Gasteiger partial charge in [0.2, 0.25) is 10.0 Å². The molecule has 0 saturated heterocycles. The fourth-order valence-corrected chi connectivity index (χ4v) is 3.12. The first-order valence-corrected chi connectivity index (χ1v) is 6.88. The molecular formula is C11H25NO3S. The molecule has 0 fully saturated rings. The van der Waals surface area contributed by atoms with Gasteiger partial charge in [0, 0.05) is 7.05 Å². The molecule has 0 aromatic carbocycles. The van der Waals surface area contributed by atoms with Gasteiger partial charge in [-0.25, -0.2) is 8.42 Å². The second kappa shape index (κ2) is 4.63. The summed E-state index contributed by atoms with van der Waals surface area (Å²) < 4.78 is 24.9. The molecule has 0 aromatic heterocycles. The maximum absolute atomic E-state index is 12.2. The van der Waals surface area contributed by atoms with Crippen molar-refractivity contribution in [3.8, 4) is 0 Å². The van der Waals surface area contributed by atoms with Gasteiger partial charge in [-0.15, -0.1) is 0 Å². The van der Waals surface area contributed by atoms with Crippen molar-refractivity contribution < 1.29 is 13.5 Å². The summed E-state index contributed by atoms with van der Waals surface area (Å²) in [5.41, 5.74) is -0.290. The van der Waals surface area contributed by atoms with Gasteiger partial charge in [0.05, 0.1) is 17.4 Å². The Morgan fingerprint density at radius 2 is 1.50 bits per heavy atom. The minimum absolute atomic E-state index is 0.171. The summed E-state index contributed by atoms with van der Waals surface area (Å²) in [5, 5.41) is 9.36. The Labute approximate surface area is 99.7 Å². The Balaban J connectivity index is 5.29. The number of nitrogens with zero attached hydrogens (tertiary/aromatic N) is 1. The number of aliphatic hydroxyl groups excluding tert-OH is 1. The van der Waals surface area contributed by atoms with E-state index in [0.29, 0.717) is 0 Å². The quantitative estimate of drug-likeness (QED) is 0.826. The summed E-state index contributed by atoms with van der Waals surface area (Å²) in [7, 11) is -1.86. The molecule has 0 radical (unpaired) electrons. The lowest BCUT2D eigenvalue weighted by Gasteiger charge is -2.39. The van der Waals surface area contributed by atoms with Crippen molar-refractivity contribution in [1.82, 2.24) is 4.31 Å². The molecule has 0 rings (SSSR count). The van der Waals surface area contributed by atoms with E-state index >= 15 is 0 Å². The van der Waals surface area contributed by atoms with Crippen molar-refractivity contribution in [3.05, 3.63) is 0 Å². The van der Waals surface area contributed by atoms with E-state index in [1.807, 2.05) is 20.8 Å². The van der Waals surface area contributed by atoms with Crippen LogP contribution >= 0.6 is 0 Å². The number of rotatable bonds is 3. The first kappa shape index (κ1) is 15.9. The summed E-state index contributed by atoms with van der Waals surface area (Å²) in [6, 6.07) is -0.406. The van der Waals surface area contributed by atoms with E-state index in [4.69, 9.17) is 0 Å². The van der Waals surface area contributed by atoms with E-state index in [1.165, 1.54) is 11.4 Å². The lowest BCUT2D eigenvalue weighted by atomic mass is 9.87. The largest absolute Gasteiger partial charge is 0.395 e. The van der Waals surface area contributed by atoms with E-state index in [1.54, 1.807) is 20.8 Å². The highest BCUT2D eigenvalue weighted by Gasteiger charge is 2.40. The third-order valence-corrected chi connectivity index (χ3v) is 5.32. The van der Waals surface area contributed by atoms with E-state index in [2.05, 4.69) is 0 Å². The SMILES string of the molecule is CN([C@@H](CO)C(C)(C)C)S(=O)(=O)C(C)(C)C.